The molecular formula is C11H10ClN3OS. The molecule has 0 aliphatic carbocycles. The normalized spacial score (nSPS) is 10.9. The summed E-state index contributed by atoms with van der Waals surface area (Å²) in [6, 6.07) is 3.65. The number of aromatic amines is 1. The van der Waals surface area contributed by atoms with Gasteiger partial charge in [-0.25, -0.2) is 0 Å². The fourth-order valence-electron chi connectivity index (χ4n) is 1.21. The number of H-pyrrole nitrogens is 1. The van der Waals surface area contributed by atoms with Gasteiger partial charge in [0.05, 0.1) is 10.5 Å². The summed E-state index contributed by atoms with van der Waals surface area (Å²) < 4.78 is 0.703. The minimum Gasteiger partial charge on any atom is -0.307 e. The summed E-state index contributed by atoms with van der Waals surface area (Å²) in [4.78, 5) is 12.5. The molecule has 2 aromatic rings. The molecule has 0 bridgehead atoms. The van der Waals surface area contributed by atoms with E-state index in [0.717, 1.165) is 10.4 Å². The second kappa shape index (κ2) is 5.16. The van der Waals surface area contributed by atoms with Gasteiger partial charge in [-0.2, -0.15) is 5.10 Å². The van der Waals surface area contributed by atoms with Gasteiger partial charge >= 0.3 is 0 Å². The number of amides is 1. The SMILES string of the molecule is Cc1cn[nH]c1NC(=O)/C=C/c1ccc(Cl)s1. The molecular weight excluding hydrogens is 258 g/mol. The molecule has 88 valence electrons. The van der Waals surface area contributed by atoms with Crippen LogP contribution in [0.1, 0.15) is 10.4 Å². The van der Waals surface area contributed by atoms with Crippen molar-refractivity contribution >= 4 is 40.7 Å². The summed E-state index contributed by atoms with van der Waals surface area (Å²) >= 11 is 7.20. The highest BCUT2D eigenvalue weighted by Crippen LogP contribution is 2.22. The Morgan fingerprint density at radius 1 is 1.59 bits per heavy atom. The van der Waals surface area contributed by atoms with E-state index < -0.39 is 0 Å². The summed E-state index contributed by atoms with van der Waals surface area (Å²) in [5, 5.41) is 9.22. The molecule has 0 saturated heterocycles. The van der Waals surface area contributed by atoms with Gasteiger partial charge in [-0.1, -0.05) is 11.6 Å². The van der Waals surface area contributed by atoms with Gasteiger partial charge in [0.1, 0.15) is 5.82 Å². The number of anilines is 1. The number of halogens is 1. The summed E-state index contributed by atoms with van der Waals surface area (Å²) in [7, 11) is 0. The largest absolute Gasteiger partial charge is 0.307 e. The molecule has 2 N–H and O–H groups in total. The van der Waals surface area contributed by atoms with Crippen LogP contribution in [0.2, 0.25) is 4.34 Å². The van der Waals surface area contributed by atoms with E-state index in [9.17, 15) is 4.79 Å². The lowest BCUT2D eigenvalue weighted by atomic mass is 10.3. The number of hydrogen-bond donors (Lipinski definition) is 2. The Balaban J connectivity index is 1.98. The van der Waals surface area contributed by atoms with Crippen LogP contribution in [0.15, 0.2) is 24.4 Å². The number of rotatable bonds is 3. The molecule has 2 aromatic heterocycles. The third-order valence-electron chi connectivity index (χ3n) is 2.07. The van der Waals surface area contributed by atoms with E-state index in [2.05, 4.69) is 15.5 Å². The van der Waals surface area contributed by atoms with Crippen molar-refractivity contribution in [2.24, 2.45) is 0 Å². The van der Waals surface area contributed by atoms with Crippen LogP contribution in [0, 0.1) is 6.92 Å². The van der Waals surface area contributed by atoms with Gasteiger partial charge in [-0.05, 0) is 25.1 Å². The average Bonchev–Trinajstić information content (AvgIpc) is 2.86. The van der Waals surface area contributed by atoms with Gasteiger partial charge in [-0.3, -0.25) is 9.89 Å². The monoisotopic (exact) mass is 267 g/mol. The second-order valence-electron chi connectivity index (χ2n) is 3.39. The highest BCUT2D eigenvalue weighted by Gasteiger charge is 2.02. The zero-order chi connectivity index (χ0) is 12.3. The summed E-state index contributed by atoms with van der Waals surface area (Å²) in [6.07, 6.45) is 4.83. The van der Waals surface area contributed by atoms with E-state index in [0.29, 0.717) is 10.2 Å². The van der Waals surface area contributed by atoms with E-state index in [1.54, 1.807) is 18.3 Å². The Labute approximate surface area is 107 Å². The quantitative estimate of drug-likeness (QED) is 0.840. The van der Waals surface area contributed by atoms with Gasteiger partial charge in [-0.15, -0.1) is 11.3 Å². The topological polar surface area (TPSA) is 57.8 Å². The molecule has 1 amide bonds. The first kappa shape index (κ1) is 11.9. The number of hydrogen-bond acceptors (Lipinski definition) is 3. The van der Waals surface area contributed by atoms with Crippen LogP contribution in [-0.2, 0) is 4.79 Å². The van der Waals surface area contributed by atoms with Crippen molar-refractivity contribution in [2.45, 2.75) is 6.92 Å². The number of thiophene rings is 1. The van der Waals surface area contributed by atoms with E-state index >= 15 is 0 Å². The average molecular weight is 268 g/mol. The maximum absolute atomic E-state index is 11.6. The number of carbonyl (C=O) groups excluding carboxylic acids is 1. The molecule has 0 aliphatic rings. The first-order valence-corrected chi connectivity index (χ1v) is 6.09. The van der Waals surface area contributed by atoms with Crippen molar-refractivity contribution in [3.8, 4) is 0 Å². The molecule has 0 atom stereocenters. The predicted octanol–water partition coefficient (Wildman–Crippen LogP) is 3.08. The molecule has 0 unspecified atom stereocenters. The third kappa shape index (κ3) is 3.18. The van der Waals surface area contributed by atoms with Gasteiger partial charge in [0.2, 0.25) is 5.91 Å². The summed E-state index contributed by atoms with van der Waals surface area (Å²) in [6.45, 7) is 1.86. The summed E-state index contributed by atoms with van der Waals surface area (Å²) in [5.41, 5.74) is 0.894. The van der Waals surface area contributed by atoms with E-state index in [1.165, 1.54) is 17.4 Å². The predicted molar refractivity (Wildman–Crippen MR) is 70.3 cm³/mol. The lowest BCUT2D eigenvalue weighted by Crippen LogP contribution is -2.08. The van der Waals surface area contributed by atoms with Crippen molar-refractivity contribution in [2.75, 3.05) is 5.32 Å². The molecule has 0 aromatic carbocycles. The minimum absolute atomic E-state index is 0.207. The van der Waals surface area contributed by atoms with Crippen molar-refractivity contribution < 1.29 is 4.79 Å². The van der Waals surface area contributed by atoms with Gasteiger partial charge in [0.15, 0.2) is 0 Å². The molecule has 4 nitrogen and oxygen atoms in total. The molecule has 2 heterocycles. The number of aryl methyl sites for hydroxylation is 1. The Bertz CT molecular complexity index is 559. The number of carbonyl (C=O) groups is 1. The zero-order valence-electron chi connectivity index (χ0n) is 9.03. The van der Waals surface area contributed by atoms with Crippen LogP contribution in [0.5, 0.6) is 0 Å². The third-order valence-corrected chi connectivity index (χ3v) is 3.27. The molecule has 0 spiro atoms. The molecule has 6 heteroatoms. The Kier molecular flexibility index (Phi) is 3.61. The van der Waals surface area contributed by atoms with Crippen molar-refractivity contribution in [3.05, 3.63) is 39.2 Å². The van der Waals surface area contributed by atoms with Crippen molar-refractivity contribution in [3.63, 3.8) is 0 Å². The van der Waals surface area contributed by atoms with E-state index in [1.807, 2.05) is 13.0 Å². The maximum Gasteiger partial charge on any atom is 0.249 e. The van der Waals surface area contributed by atoms with Gasteiger partial charge < -0.3 is 5.32 Å². The number of nitrogens with zero attached hydrogens (tertiary/aromatic N) is 1. The zero-order valence-corrected chi connectivity index (χ0v) is 10.6. The lowest BCUT2D eigenvalue weighted by Gasteiger charge is -1.98. The van der Waals surface area contributed by atoms with Crippen molar-refractivity contribution in [1.29, 1.82) is 0 Å². The fourth-order valence-corrected chi connectivity index (χ4v) is 2.18. The van der Waals surface area contributed by atoms with E-state index in [4.69, 9.17) is 11.6 Å². The molecule has 0 saturated carbocycles. The van der Waals surface area contributed by atoms with Gasteiger partial charge in [0.25, 0.3) is 0 Å². The van der Waals surface area contributed by atoms with Crippen LogP contribution in [0.25, 0.3) is 6.08 Å². The van der Waals surface area contributed by atoms with Crippen molar-refractivity contribution in [1.82, 2.24) is 10.2 Å². The summed E-state index contributed by atoms with van der Waals surface area (Å²) in [5.74, 6) is 0.408. The lowest BCUT2D eigenvalue weighted by molar-refractivity contribution is -0.111. The Hall–Kier alpha value is -1.59. The Morgan fingerprint density at radius 3 is 3.00 bits per heavy atom. The van der Waals surface area contributed by atoms with E-state index in [-0.39, 0.29) is 5.91 Å². The second-order valence-corrected chi connectivity index (χ2v) is 5.14. The molecule has 0 fully saturated rings. The smallest absolute Gasteiger partial charge is 0.249 e. The van der Waals surface area contributed by atoms with Crippen LogP contribution in [0.4, 0.5) is 5.82 Å². The molecule has 2 rings (SSSR count). The first-order valence-electron chi connectivity index (χ1n) is 4.89. The standard InChI is InChI=1S/C11H10ClN3OS/c1-7-6-13-15-11(7)14-10(16)5-3-8-2-4-9(12)17-8/h2-6H,1H3,(H2,13,14,15,16)/b5-3+. The number of aromatic nitrogens is 2. The highest BCUT2D eigenvalue weighted by atomic mass is 35.5. The molecule has 0 radical (unpaired) electrons. The highest BCUT2D eigenvalue weighted by molar-refractivity contribution is 7.17. The molecule has 17 heavy (non-hydrogen) atoms. The minimum atomic E-state index is -0.207. The van der Waals surface area contributed by atoms with Crippen LogP contribution in [-0.4, -0.2) is 16.1 Å². The first-order chi connectivity index (χ1) is 8.15. The Morgan fingerprint density at radius 2 is 2.41 bits per heavy atom. The van der Waals surface area contributed by atoms with Crippen LogP contribution < -0.4 is 5.32 Å². The van der Waals surface area contributed by atoms with Crippen LogP contribution >= 0.6 is 22.9 Å². The van der Waals surface area contributed by atoms with Gasteiger partial charge in [0, 0.05) is 16.5 Å². The van der Waals surface area contributed by atoms with Crippen LogP contribution in [0.3, 0.4) is 0 Å². The fraction of sp³-hybridized carbons (Fsp3) is 0.0909. The maximum atomic E-state index is 11.6. The molecule has 0 aliphatic heterocycles. The number of nitrogens with one attached hydrogen (secondary N) is 2.